The molecule has 0 aliphatic rings. The van der Waals surface area contributed by atoms with Gasteiger partial charge in [0.05, 0.1) is 19.8 Å². The van der Waals surface area contributed by atoms with Gasteiger partial charge in [0.25, 0.3) is 0 Å². The Morgan fingerprint density at radius 3 is 2.50 bits per heavy atom. The third kappa shape index (κ3) is 7.92. The molecule has 0 bridgehead atoms. The van der Waals surface area contributed by atoms with Crippen LogP contribution in [0.4, 0.5) is 0 Å². The zero-order valence-corrected chi connectivity index (χ0v) is 15.7. The molecule has 1 atom stereocenters. The molecule has 0 fully saturated rings. The van der Waals surface area contributed by atoms with E-state index in [1.54, 1.807) is 11.3 Å². The summed E-state index contributed by atoms with van der Waals surface area (Å²) in [6.07, 6.45) is 0.949. The first kappa shape index (κ1) is 22.0. The lowest BCUT2D eigenvalue weighted by Crippen LogP contribution is -2.34. The summed E-state index contributed by atoms with van der Waals surface area (Å²) in [7, 11) is 2.01. The smallest absolute Gasteiger partial charge is 0.414 e. The number of hydrogen-bond acceptors (Lipinski definition) is 6. The van der Waals surface area contributed by atoms with Crippen LogP contribution in [0.2, 0.25) is 0 Å². The number of carbonyl (C=O) groups is 2. The number of aliphatic hydroxyl groups excluding tert-OH is 1. The molecule has 3 N–H and O–H groups in total. The topological polar surface area (TPSA) is 107 Å². The van der Waals surface area contributed by atoms with E-state index in [1.807, 2.05) is 14.0 Å². The molecule has 144 valence electrons. The number of fused-ring (bicyclic) bond motifs is 1. The van der Waals surface area contributed by atoms with Crippen LogP contribution < -0.4 is 0 Å². The number of benzene rings is 1. The predicted molar refractivity (Wildman–Crippen MR) is 101 cm³/mol. The largest absolute Gasteiger partial charge is 0.473 e. The van der Waals surface area contributed by atoms with Crippen molar-refractivity contribution in [3.63, 3.8) is 0 Å². The Labute approximate surface area is 156 Å². The first-order valence-corrected chi connectivity index (χ1v) is 9.04. The molecular formula is C18H25NO6S. The molecule has 2 aromatic rings. The number of likely N-dealkylation sites (N-methyl/N-ethyl adjacent to an activating group) is 1. The molecule has 1 unspecified atom stereocenters. The maximum atomic E-state index is 9.10. The highest BCUT2D eigenvalue weighted by molar-refractivity contribution is 7.17. The van der Waals surface area contributed by atoms with Crippen LogP contribution in [0.15, 0.2) is 29.6 Å². The summed E-state index contributed by atoms with van der Waals surface area (Å²) in [5, 5.41) is 27.3. The Hall–Kier alpha value is -2.00. The summed E-state index contributed by atoms with van der Waals surface area (Å²) < 4.78 is 7.02. The van der Waals surface area contributed by atoms with Crippen molar-refractivity contribution in [2.24, 2.45) is 0 Å². The summed E-state index contributed by atoms with van der Waals surface area (Å²) >= 11 is 1.78. The van der Waals surface area contributed by atoms with E-state index in [9.17, 15) is 0 Å². The van der Waals surface area contributed by atoms with E-state index in [0.29, 0.717) is 6.61 Å². The molecule has 7 nitrogen and oxygen atoms in total. The van der Waals surface area contributed by atoms with Crippen molar-refractivity contribution in [1.29, 1.82) is 0 Å². The predicted octanol–water partition coefficient (Wildman–Crippen LogP) is 1.93. The van der Waals surface area contributed by atoms with Crippen LogP contribution in [0, 0.1) is 0 Å². The highest BCUT2D eigenvalue weighted by atomic mass is 32.1. The van der Waals surface area contributed by atoms with Gasteiger partial charge in [0, 0.05) is 17.3 Å². The van der Waals surface area contributed by atoms with Crippen molar-refractivity contribution >= 4 is 33.4 Å². The summed E-state index contributed by atoms with van der Waals surface area (Å²) in [6.45, 7) is 4.51. The molecule has 0 aliphatic carbocycles. The van der Waals surface area contributed by atoms with Crippen LogP contribution in [0.5, 0.6) is 0 Å². The number of thiophene rings is 1. The van der Waals surface area contributed by atoms with Gasteiger partial charge in [-0.05, 0) is 48.9 Å². The Kier molecular flexibility index (Phi) is 9.82. The van der Waals surface area contributed by atoms with Crippen molar-refractivity contribution in [3.8, 4) is 0 Å². The van der Waals surface area contributed by atoms with Crippen LogP contribution in [0.3, 0.4) is 0 Å². The van der Waals surface area contributed by atoms with Gasteiger partial charge >= 0.3 is 11.9 Å². The normalized spacial score (nSPS) is 11.8. The minimum Gasteiger partial charge on any atom is -0.473 e. The lowest BCUT2D eigenvalue weighted by Gasteiger charge is -2.22. The number of nitrogens with zero attached hydrogens (tertiary/aromatic N) is 1. The van der Waals surface area contributed by atoms with Crippen LogP contribution in [0.25, 0.3) is 10.1 Å². The van der Waals surface area contributed by atoms with Gasteiger partial charge in [-0.3, -0.25) is 4.90 Å². The van der Waals surface area contributed by atoms with E-state index in [1.165, 1.54) is 15.6 Å². The SMILES string of the molecule is CC(CO)N(C)CCOCCc1ccc2sccc2c1.O=C(O)C(=O)O. The number of aliphatic hydroxyl groups is 1. The molecule has 0 saturated carbocycles. The Balaban J connectivity index is 0.000000487. The molecule has 0 saturated heterocycles. The fraction of sp³-hybridized carbons (Fsp3) is 0.444. The van der Waals surface area contributed by atoms with E-state index < -0.39 is 11.9 Å². The van der Waals surface area contributed by atoms with Crippen molar-refractivity contribution in [2.75, 3.05) is 33.4 Å². The minimum atomic E-state index is -1.82. The molecule has 26 heavy (non-hydrogen) atoms. The Bertz CT molecular complexity index is 690. The molecule has 0 spiro atoms. The number of ether oxygens (including phenoxy) is 1. The molecule has 1 aromatic heterocycles. The van der Waals surface area contributed by atoms with Gasteiger partial charge in [-0.15, -0.1) is 11.3 Å². The third-order valence-electron chi connectivity index (χ3n) is 3.84. The van der Waals surface area contributed by atoms with Crippen LogP contribution in [-0.2, 0) is 20.7 Å². The molecular weight excluding hydrogens is 358 g/mol. The van der Waals surface area contributed by atoms with Gasteiger partial charge in [0.15, 0.2) is 0 Å². The number of rotatable bonds is 8. The van der Waals surface area contributed by atoms with Crippen LogP contribution in [0.1, 0.15) is 12.5 Å². The highest BCUT2D eigenvalue weighted by Crippen LogP contribution is 2.21. The van der Waals surface area contributed by atoms with Gasteiger partial charge < -0.3 is 20.1 Å². The van der Waals surface area contributed by atoms with E-state index in [2.05, 4.69) is 34.5 Å². The van der Waals surface area contributed by atoms with Crippen molar-refractivity contribution in [3.05, 3.63) is 35.2 Å². The first-order valence-electron chi connectivity index (χ1n) is 8.16. The van der Waals surface area contributed by atoms with Gasteiger partial charge in [0.1, 0.15) is 0 Å². The lowest BCUT2D eigenvalue weighted by molar-refractivity contribution is -0.159. The van der Waals surface area contributed by atoms with Crippen LogP contribution >= 0.6 is 11.3 Å². The third-order valence-corrected chi connectivity index (χ3v) is 4.74. The molecule has 2 rings (SSSR count). The second kappa shape index (κ2) is 11.6. The Morgan fingerprint density at radius 1 is 1.19 bits per heavy atom. The first-order chi connectivity index (χ1) is 12.3. The second-order valence-electron chi connectivity index (χ2n) is 5.78. The minimum absolute atomic E-state index is 0.192. The Morgan fingerprint density at radius 2 is 1.88 bits per heavy atom. The maximum Gasteiger partial charge on any atom is 0.414 e. The molecule has 0 radical (unpaired) electrons. The average Bonchev–Trinajstić information content (AvgIpc) is 3.08. The van der Waals surface area contributed by atoms with E-state index in [-0.39, 0.29) is 12.6 Å². The molecule has 1 heterocycles. The second-order valence-corrected chi connectivity index (χ2v) is 6.73. The van der Waals surface area contributed by atoms with E-state index in [0.717, 1.165) is 19.6 Å². The fourth-order valence-electron chi connectivity index (χ4n) is 2.03. The monoisotopic (exact) mass is 383 g/mol. The maximum absolute atomic E-state index is 9.10. The van der Waals surface area contributed by atoms with Crippen molar-refractivity contribution in [1.82, 2.24) is 4.90 Å². The summed E-state index contributed by atoms with van der Waals surface area (Å²) in [4.78, 5) is 20.3. The van der Waals surface area contributed by atoms with Crippen molar-refractivity contribution < 1.29 is 29.6 Å². The standard InChI is InChI=1S/C16H23NO2S.C2H2O4/c1-13(12-18)17(2)7-9-19-8-5-14-3-4-16-15(11-14)6-10-20-16;3-1(4)2(5)6/h3-4,6,10-11,13,18H,5,7-9,12H2,1-2H3;(H,3,4)(H,5,6). The lowest BCUT2D eigenvalue weighted by atomic mass is 10.1. The molecule has 0 amide bonds. The van der Waals surface area contributed by atoms with Crippen LogP contribution in [-0.4, -0.2) is 71.6 Å². The zero-order valence-electron chi connectivity index (χ0n) is 14.9. The van der Waals surface area contributed by atoms with E-state index >= 15 is 0 Å². The van der Waals surface area contributed by atoms with Gasteiger partial charge in [0.2, 0.25) is 0 Å². The summed E-state index contributed by atoms with van der Waals surface area (Å²) in [5.74, 6) is -3.65. The highest BCUT2D eigenvalue weighted by Gasteiger charge is 2.06. The van der Waals surface area contributed by atoms with E-state index in [4.69, 9.17) is 29.6 Å². The summed E-state index contributed by atoms with van der Waals surface area (Å²) in [6, 6.07) is 8.97. The van der Waals surface area contributed by atoms with Gasteiger partial charge in [-0.2, -0.15) is 0 Å². The number of hydrogen-bond donors (Lipinski definition) is 3. The van der Waals surface area contributed by atoms with Gasteiger partial charge in [-0.1, -0.05) is 12.1 Å². The van der Waals surface area contributed by atoms with Gasteiger partial charge in [-0.25, -0.2) is 9.59 Å². The van der Waals surface area contributed by atoms with Crippen molar-refractivity contribution in [2.45, 2.75) is 19.4 Å². The molecule has 8 heteroatoms. The quantitative estimate of drug-likeness (QED) is 0.472. The number of carboxylic acid groups (broad SMARTS) is 2. The molecule has 1 aromatic carbocycles. The summed E-state index contributed by atoms with van der Waals surface area (Å²) in [5.41, 5.74) is 1.33. The number of aliphatic carboxylic acids is 2. The molecule has 0 aliphatic heterocycles. The average molecular weight is 383 g/mol. The number of carboxylic acids is 2. The zero-order chi connectivity index (χ0) is 19.5. The fourth-order valence-corrected chi connectivity index (χ4v) is 2.80.